The van der Waals surface area contributed by atoms with Crippen LogP contribution in [0.1, 0.15) is 32.1 Å². The number of allylic oxidation sites excluding steroid dienone is 4. The van der Waals surface area contributed by atoms with Crippen LogP contribution in [0.3, 0.4) is 0 Å². The Morgan fingerprint density at radius 2 is 1.11 bits per heavy atom. The fourth-order valence-electron chi connectivity index (χ4n) is 4.78. The third-order valence-corrected chi connectivity index (χ3v) is 7.94. The summed E-state index contributed by atoms with van der Waals surface area (Å²) in [5.74, 6) is 0. The molecule has 38 heavy (non-hydrogen) atoms. The summed E-state index contributed by atoms with van der Waals surface area (Å²) in [4.78, 5) is 0. The number of hydrogen-bond donors (Lipinski definition) is 0. The van der Waals surface area contributed by atoms with E-state index in [-0.39, 0.29) is 24.8 Å². The van der Waals surface area contributed by atoms with Gasteiger partial charge in [-0.15, -0.1) is 46.2 Å². The number of fused-ring (bicyclic) bond motifs is 3. The molecule has 0 spiro atoms. The van der Waals surface area contributed by atoms with Gasteiger partial charge in [0.1, 0.15) is 0 Å². The van der Waals surface area contributed by atoms with Crippen LogP contribution in [0.4, 0.5) is 0 Å². The minimum atomic E-state index is 0. The van der Waals surface area contributed by atoms with Crippen molar-refractivity contribution in [3.05, 3.63) is 127 Å². The fourth-order valence-corrected chi connectivity index (χ4v) is 5.65. The van der Waals surface area contributed by atoms with Gasteiger partial charge in [0.25, 0.3) is 0 Å². The van der Waals surface area contributed by atoms with E-state index in [1.807, 2.05) is 12.2 Å². The van der Waals surface area contributed by atoms with E-state index in [2.05, 4.69) is 115 Å². The van der Waals surface area contributed by atoms with E-state index in [9.17, 15) is 0 Å². The molecular weight excluding hydrogens is 583 g/mol. The molecule has 1 saturated carbocycles. The summed E-state index contributed by atoms with van der Waals surface area (Å²) in [6.07, 6.45) is 15.8. The zero-order valence-corrected chi connectivity index (χ0v) is 25.3. The number of benzene rings is 4. The molecule has 0 radical (unpaired) electrons. The minimum absolute atomic E-state index is 0. The Kier molecular flexibility index (Phi) is 12.1. The van der Waals surface area contributed by atoms with Crippen LogP contribution >= 0.6 is 0 Å². The van der Waals surface area contributed by atoms with Gasteiger partial charge in [0.15, 0.2) is 0 Å². The largest absolute Gasteiger partial charge is 0.126 e. The summed E-state index contributed by atoms with van der Waals surface area (Å²) in [7, 11) is 0. The van der Waals surface area contributed by atoms with Crippen molar-refractivity contribution in [2.24, 2.45) is 0 Å². The number of rotatable bonds is 2. The molecule has 0 saturated heterocycles. The second-order valence-electron chi connectivity index (χ2n) is 9.29. The molecular formula is C35H30Cl2Zr-2. The average Bonchev–Trinajstić information content (AvgIpc) is 3.73. The number of halogens is 2. The monoisotopic (exact) mass is 610 g/mol. The molecule has 1 fully saturated rings. The maximum Gasteiger partial charge on any atom is -0.0259 e. The Labute approximate surface area is 254 Å². The number of hydrogen-bond acceptors (Lipinski definition) is 0. The fraction of sp³-hybridized carbons (Fsp3) is 0.143. The van der Waals surface area contributed by atoms with Gasteiger partial charge < -0.3 is 24.8 Å². The summed E-state index contributed by atoms with van der Waals surface area (Å²) in [5.41, 5.74) is 5.07. The predicted molar refractivity (Wildman–Crippen MR) is 153 cm³/mol. The Bertz CT molecular complexity index is 1400. The zero-order valence-electron chi connectivity index (χ0n) is 21.3. The Hall–Kier alpha value is -2.44. The molecule has 3 heteroatoms. The summed E-state index contributed by atoms with van der Waals surface area (Å²) in [6.45, 7) is 0. The van der Waals surface area contributed by atoms with E-state index in [0.717, 1.165) is 6.42 Å². The van der Waals surface area contributed by atoms with E-state index in [1.165, 1.54) is 69.5 Å². The Morgan fingerprint density at radius 3 is 1.45 bits per heavy atom. The van der Waals surface area contributed by atoms with E-state index in [4.69, 9.17) is 0 Å². The van der Waals surface area contributed by atoms with Gasteiger partial charge in [-0.1, -0.05) is 96.1 Å². The Balaban J connectivity index is 0.000000257. The molecule has 7 rings (SSSR count). The van der Waals surface area contributed by atoms with Crippen LogP contribution in [-0.2, 0) is 24.2 Å². The third-order valence-electron chi connectivity index (χ3n) is 6.71. The van der Waals surface area contributed by atoms with Crippen LogP contribution < -0.4 is 24.8 Å². The molecule has 5 aromatic carbocycles. The Morgan fingerprint density at radius 1 is 0.605 bits per heavy atom. The van der Waals surface area contributed by atoms with Gasteiger partial charge in [-0.25, -0.2) is 12.2 Å². The van der Waals surface area contributed by atoms with Crippen LogP contribution in [0.15, 0.2) is 121 Å². The average molecular weight is 613 g/mol. The smallest absolute Gasteiger partial charge is 0.0259 e. The van der Waals surface area contributed by atoms with Gasteiger partial charge in [-0.05, 0) is 11.1 Å². The van der Waals surface area contributed by atoms with Crippen molar-refractivity contribution in [1.82, 2.24) is 0 Å². The van der Waals surface area contributed by atoms with Crippen molar-refractivity contribution in [2.45, 2.75) is 32.1 Å². The van der Waals surface area contributed by atoms with Crippen molar-refractivity contribution in [2.75, 3.05) is 0 Å². The second kappa shape index (κ2) is 15.2. The predicted octanol–water partition coefficient (Wildman–Crippen LogP) is 3.64. The van der Waals surface area contributed by atoms with Crippen molar-refractivity contribution in [1.29, 1.82) is 0 Å². The van der Waals surface area contributed by atoms with Crippen molar-refractivity contribution in [3.63, 3.8) is 0 Å². The van der Waals surface area contributed by atoms with Crippen molar-refractivity contribution in [3.8, 4) is 22.3 Å². The van der Waals surface area contributed by atoms with E-state index in [0.29, 0.717) is 0 Å². The first-order valence-corrected chi connectivity index (χ1v) is 14.0. The molecule has 0 nitrogen and oxygen atoms in total. The molecule has 0 unspecified atom stereocenters. The van der Waals surface area contributed by atoms with E-state index in [1.54, 1.807) is 27.4 Å². The second-order valence-corrected chi connectivity index (χ2v) is 11.0. The molecule has 0 N–H and O–H groups in total. The van der Waals surface area contributed by atoms with E-state index < -0.39 is 0 Å². The summed E-state index contributed by atoms with van der Waals surface area (Å²) in [5, 5.41) is 5.27. The van der Waals surface area contributed by atoms with Crippen LogP contribution in [0.25, 0.3) is 43.8 Å². The molecule has 2 aliphatic carbocycles. The molecule has 5 aromatic rings. The van der Waals surface area contributed by atoms with Gasteiger partial charge >= 0.3 is 53.1 Å². The molecule has 190 valence electrons. The zero-order chi connectivity index (χ0) is 24.6. The first-order chi connectivity index (χ1) is 17.8. The van der Waals surface area contributed by atoms with Crippen molar-refractivity contribution < 1.29 is 49.0 Å². The van der Waals surface area contributed by atoms with Crippen molar-refractivity contribution >= 4 is 24.8 Å². The normalized spacial score (nSPS) is 13.3. The minimum Gasteiger partial charge on any atom is -0.126 e. The molecule has 2 aliphatic rings. The topological polar surface area (TPSA) is 0 Å². The standard InChI is InChI=1S/C25H17.C5H8.C5H5.2ClH.Zr/c1-3-7-18(8-4-1)20-11-13-24-22(15-20)17-23-16-21(12-14-25(23)24)19-9-5-2-6-10-19;2*1-2-4-5-3-1;;;/h1-17H;1-4H2;1-3H,4H2;2*1H;/q-1;;-1;;;+2/p-2. The van der Waals surface area contributed by atoms with E-state index >= 15 is 0 Å². The summed E-state index contributed by atoms with van der Waals surface area (Å²) >= 11 is 1.68. The van der Waals surface area contributed by atoms with Crippen LogP contribution in [0.5, 0.6) is 0 Å². The quantitative estimate of drug-likeness (QED) is 0.267. The van der Waals surface area contributed by atoms with Crippen LogP contribution in [0.2, 0.25) is 0 Å². The SMILES string of the molecule is [C-]1=CC=CC1.[Cl-].[Cl-].[Zr+2]=[C]1CCCC1.c1ccc(-c2ccc3c(c2)[cH-]c2cc(-c4ccccc4)ccc23)cc1. The third kappa shape index (κ3) is 7.80. The van der Waals surface area contributed by atoms with Gasteiger partial charge in [0.2, 0.25) is 0 Å². The maximum absolute atomic E-state index is 2.99. The first-order valence-electron chi connectivity index (χ1n) is 12.8. The summed E-state index contributed by atoms with van der Waals surface area (Å²) in [6, 6.07) is 37.0. The molecule has 0 aliphatic heterocycles. The molecule has 0 heterocycles. The summed E-state index contributed by atoms with van der Waals surface area (Å²) < 4.78 is 1.79. The van der Waals surface area contributed by atoms with Gasteiger partial charge in [-0.2, -0.15) is 6.08 Å². The molecule has 0 bridgehead atoms. The maximum atomic E-state index is 2.99. The first kappa shape index (κ1) is 30.1. The van der Waals surface area contributed by atoms with Crippen LogP contribution in [-0.4, -0.2) is 3.21 Å². The van der Waals surface area contributed by atoms with Crippen LogP contribution in [0, 0.1) is 6.08 Å². The van der Waals surface area contributed by atoms with Gasteiger partial charge in [-0.3, -0.25) is 6.08 Å². The van der Waals surface area contributed by atoms with Gasteiger partial charge in [0.05, 0.1) is 0 Å². The molecule has 0 atom stereocenters. The van der Waals surface area contributed by atoms with Gasteiger partial charge in [0, 0.05) is 0 Å². The molecule has 0 amide bonds. The molecule has 0 aromatic heterocycles.